The second-order valence-electron chi connectivity index (χ2n) is 8.64. The van der Waals surface area contributed by atoms with E-state index in [0.29, 0.717) is 32.5 Å². The number of rotatable bonds is 4. The molecule has 4 amide bonds. The fourth-order valence-corrected chi connectivity index (χ4v) is 5.30. The summed E-state index contributed by atoms with van der Waals surface area (Å²) in [6, 6.07) is 9.75. The van der Waals surface area contributed by atoms with Crippen molar-refractivity contribution in [1.82, 2.24) is 14.7 Å². The first-order valence-corrected chi connectivity index (χ1v) is 10.6. The van der Waals surface area contributed by atoms with Gasteiger partial charge in [-0.3, -0.25) is 14.5 Å². The van der Waals surface area contributed by atoms with Crippen molar-refractivity contribution in [3.05, 3.63) is 35.9 Å². The summed E-state index contributed by atoms with van der Waals surface area (Å²) in [4.78, 5) is 43.5. The van der Waals surface area contributed by atoms with Gasteiger partial charge in [0.15, 0.2) is 0 Å². The highest BCUT2D eigenvalue weighted by Crippen LogP contribution is 2.39. The lowest BCUT2D eigenvalue weighted by atomic mass is 9.81. The van der Waals surface area contributed by atoms with Crippen LogP contribution >= 0.6 is 0 Å². The third-order valence-electron chi connectivity index (χ3n) is 7.10. The lowest BCUT2D eigenvalue weighted by molar-refractivity contribution is -0.140. The molecule has 0 aromatic heterocycles. The Morgan fingerprint density at radius 1 is 1.10 bits per heavy atom. The molecule has 1 aromatic carbocycles. The molecule has 7 heteroatoms. The Balaban J connectivity index is 1.47. The summed E-state index contributed by atoms with van der Waals surface area (Å²) in [6.07, 6.45) is 4.34. The monoisotopic (exact) mass is 398 g/mol. The van der Waals surface area contributed by atoms with E-state index < -0.39 is 5.54 Å². The van der Waals surface area contributed by atoms with Crippen molar-refractivity contribution in [2.24, 2.45) is 11.7 Å². The maximum Gasteiger partial charge on any atom is 0.327 e. The van der Waals surface area contributed by atoms with Crippen molar-refractivity contribution in [3.8, 4) is 0 Å². The van der Waals surface area contributed by atoms with Crippen molar-refractivity contribution in [3.63, 3.8) is 0 Å². The fourth-order valence-electron chi connectivity index (χ4n) is 5.30. The molecule has 4 rings (SSSR count). The van der Waals surface area contributed by atoms with Crippen molar-refractivity contribution >= 4 is 17.8 Å². The van der Waals surface area contributed by atoms with Crippen molar-refractivity contribution in [2.45, 2.75) is 43.6 Å². The minimum absolute atomic E-state index is 0.176. The highest BCUT2D eigenvalue weighted by atomic mass is 16.2. The Labute approximate surface area is 171 Å². The van der Waals surface area contributed by atoms with Crippen LogP contribution in [0, 0.1) is 5.92 Å². The molecule has 3 fully saturated rings. The van der Waals surface area contributed by atoms with E-state index in [-0.39, 0.29) is 36.2 Å². The zero-order chi connectivity index (χ0) is 20.6. The minimum Gasteiger partial charge on any atom is -0.340 e. The van der Waals surface area contributed by atoms with Gasteiger partial charge in [-0.05, 0) is 30.9 Å². The lowest BCUT2D eigenvalue weighted by Gasteiger charge is -2.35. The average molecular weight is 399 g/mol. The van der Waals surface area contributed by atoms with E-state index in [2.05, 4.69) is 12.1 Å². The van der Waals surface area contributed by atoms with Crippen LogP contribution in [-0.4, -0.2) is 71.3 Å². The van der Waals surface area contributed by atoms with Crippen LogP contribution in [0.15, 0.2) is 30.3 Å². The number of hydrogen-bond donors (Lipinski definition) is 1. The molecule has 1 spiro atoms. The van der Waals surface area contributed by atoms with Crippen LogP contribution in [-0.2, 0) is 9.59 Å². The van der Waals surface area contributed by atoms with Crippen LogP contribution in [0.5, 0.6) is 0 Å². The zero-order valence-electron chi connectivity index (χ0n) is 17.0. The summed E-state index contributed by atoms with van der Waals surface area (Å²) in [6.45, 7) is 1.45. The molecule has 2 atom stereocenters. The van der Waals surface area contributed by atoms with E-state index in [4.69, 9.17) is 5.73 Å². The molecule has 7 nitrogen and oxygen atoms in total. The molecule has 1 saturated carbocycles. The topological polar surface area (TPSA) is 87.0 Å². The number of hydrogen-bond acceptors (Lipinski definition) is 4. The third-order valence-corrected chi connectivity index (χ3v) is 7.10. The van der Waals surface area contributed by atoms with Gasteiger partial charge in [0.1, 0.15) is 12.1 Å². The van der Waals surface area contributed by atoms with Gasteiger partial charge in [-0.1, -0.05) is 49.6 Å². The van der Waals surface area contributed by atoms with Crippen LogP contribution in [0.3, 0.4) is 0 Å². The summed E-state index contributed by atoms with van der Waals surface area (Å²) in [7, 11) is 1.70. The van der Waals surface area contributed by atoms with E-state index in [1.54, 1.807) is 16.8 Å². The zero-order valence-corrected chi connectivity index (χ0v) is 17.0. The third kappa shape index (κ3) is 3.31. The Morgan fingerprint density at radius 2 is 1.79 bits per heavy atom. The SMILES string of the molecule is CN1C(=O)N(CC(=O)N2C[C@@H](CN)[C@H](c3ccccc3)C2)C(=O)C12CCCCC2. The first kappa shape index (κ1) is 19.9. The molecule has 2 N–H and O–H groups in total. The molecule has 2 aliphatic heterocycles. The Hall–Kier alpha value is -2.41. The maximum atomic E-state index is 13.1. The van der Waals surface area contributed by atoms with Gasteiger partial charge in [0, 0.05) is 26.1 Å². The number of likely N-dealkylation sites (tertiary alicyclic amines) is 1. The molecule has 2 saturated heterocycles. The molecular formula is C22H30N4O3. The van der Waals surface area contributed by atoms with Crippen molar-refractivity contribution in [2.75, 3.05) is 33.2 Å². The Morgan fingerprint density at radius 3 is 2.45 bits per heavy atom. The maximum absolute atomic E-state index is 13.1. The number of nitrogens with zero attached hydrogens (tertiary/aromatic N) is 3. The van der Waals surface area contributed by atoms with Crippen LogP contribution in [0.25, 0.3) is 0 Å². The second-order valence-corrected chi connectivity index (χ2v) is 8.64. The molecule has 29 heavy (non-hydrogen) atoms. The summed E-state index contributed by atoms with van der Waals surface area (Å²) in [5.41, 5.74) is 6.41. The highest BCUT2D eigenvalue weighted by molar-refractivity contribution is 6.09. The number of carbonyl (C=O) groups excluding carboxylic acids is 3. The quantitative estimate of drug-likeness (QED) is 0.784. The molecule has 2 heterocycles. The molecule has 156 valence electrons. The fraction of sp³-hybridized carbons (Fsp3) is 0.591. The van der Waals surface area contributed by atoms with Gasteiger partial charge < -0.3 is 15.5 Å². The summed E-state index contributed by atoms with van der Waals surface area (Å²) in [5, 5.41) is 0. The largest absolute Gasteiger partial charge is 0.340 e. The van der Waals surface area contributed by atoms with Crippen molar-refractivity contribution < 1.29 is 14.4 Å². The minimum atomic E-state index is -0.743. The van der Waals surface area contributed by atoms with Crippen LogP contribution in [0.2, 0.25) is 0 Å². The van der Waals surface area contributed by atoms with E-state index in [0.717, 1.165) is 19.3 Å². The van der Waals surface area contributed by atoms with E-state index in [9.17, 15) is 14.4 Å². The van der Waals surface area contributed by atoms with Crippen LogP contribution < -0.4 is 5.73 Å². The van der Waals surface area contributed by atoms with Gasteiger partial charge in [-0.15, -0.1) is 0 Å². The average Bonchev–Trinajstić information content (AvgIpc) is 3.27. The van der Waals surface area contributed by atoms with Gasteiger partial charge in [-0.25, -0.2) is 4.79 Å². The Kier molecular flexibility index (Phi) is 5.34. The molecule has 1 aliphatic carbocycles. The first-order chi connectivity index (χ1) is 14.0. The van der Waals surface area contributed by atoms with Crippen LogP contribution in [0.1, 0.15) is 43.6 Å². The van der Waals surface area contributed by atoms with Crippen molar-refractivity contribution in [1.29, 1.82) is 0 Å². The predicted octanol–water partition coefficient (Wildman–Crippen LogP) is 1.78. The normalized spacial score (nSPS) is 26.6. The van der Waals surface area contributed by atoms with Crippen LogP contribution in [0.4, 0.5) is 4.79 Å². The smallest absolute Gasteiger partial charge is 0.327 e. The summed E-state index contributed by atoms with van der Waals surface area (Å²) < 4.78 is 0. The number of carbonyl (C=O) groups is 3. The van der Waals surface area contributed by atoms with E-state index in [1.807, 2.05) is 18.2 Å². The predicted molar refractivity (Wildman–Crippen MR) is 109 cm³/mol. The number of benzene rings is 1. The number of amides is 4. The lowest BCUT2D eigenvalue weighted by Crippen LogP contribution is -2.49. The van der Waals surface area contributed by atoms with Gasteiger partial charge in [0.05, 0.1) is 0 Å². The second kappa shape index (κ2) is 7.78. The number of urea groups is 1. The van der Waals surface area contributed by atoms with E-state index >= 15 is 0 Å². The number of nitrogens with two attached hydrogens (primary N) is 1. The molecule has 0 unspecified atom stereocenters. The van der Waals surface area contributed by atoms with Gasteiger partial charge in [0.2, 0.25) is 5.91 Å². The summed E-state index contributed by atoms with van der Waals surface area (Å²) in [5.74, 6) is -0.0155. The molecule has 0 bridgehead atoms. The molecule has 3 aliphatic rings. The highest BCUT2D eigenvalue weighted by Gasteiger charge is 2.56. The Bertz CT molecular complexity index is 791. The van der Waals surface area contributed by atoms with Gasteiger partial charge in [-0.2, -0.15) is 0 Å². The van der Waals surface area contributed by atoms with E-state index in [1.165, 1.54) is 10.5 Å². The molecule has 1 aromatic rings. The van der Waals surface area contributed by atoms with Gasteiger partial charge in [0.25, 0.3) is 5.91 Å². The standard InChI is InChI=1S/C22H30N4O3/c1-24-21(29)26(20(28)22(24)10-6-3-7-11-22)15-19(27)25-13-17(12-23)18(14-25)16-8-4-2-5-9-16/h2,4-5,8-9,17-18H,3,6-7,10-15,23H2,1H3/t17-,18+/m1/s1. The van der Waals surface area contributed by atoms with Gasteiger partial charge >= 0.3 is 6.03 Å². The first-order valence-electron chi connectivity index (χ1n) is 10.6. The number of imide groups is 1. The number of likely N-dealkylation sites (N-methyl/N-ethyl adjacent to an activating group) is 1. The summed E-state index contributed by atoms with van der Waals surface area (Å²) >= 11 is 0. The molecular weight excluding hydrogens is 368 g/mol. The molecule has 0 radical (unpaired) electrons.